The van der Waals surface area contributed by atoms with Crippen molar-refractivity contribution in [3.8, 4) is 0 Å². The van der Waals surface area contributed by atoms with E-state index in [2.05, 4.69) is 5.32 Å². The molecule has 0 bridgehead atoms. The van der Waals surface area contributed by atoms with Crippen LogP contribution >= 0.6 is 11.6 Å². The highest BCUT2D eigenvalue weighted by molar-refractivity contribution is 6.17. The molecule has 0 aliphatic heterocycles. The molecule has 0 fully saturated rings. The van der Waals surface area contributed by atoms with Crippen LogP contribution < -0.4 is 5.32 Å². The highest BCUT2D eigenvalue weighted by Crippen LogP contribution is 2.13. The van der Waals surface area contributed by atoms with Gasteiger partial charge < -0.3 is 9.73 Å². The van der Waals surface area contributed by atoms with Gasteiger partial charge in [0.05, 0.1) is 5.56 Å². The predicted molar refractivity (Wildman–Crippen MR) is 60.5 cm³/mol. The molecular formula is C11H16ClNO2. The van der Waals surface area contributed by atoms with Gasteiger partial charge in [-0.3, -0.25) is 4.79 Å². The third-order valence-electron chi connectivity index (χ3n) is 2.13. The van der Waals surface area contributed by atoms with E-state index in [0.717, 1.165) is 18.6 Å². The van der Waals surface area contributed by atoms with Gasteiger partial charge in [-0.05, 0) is 32.8 Å². The van der Waals surface area contributed by atoms with Crippen LogP contribution in [0.2, 0.25) is 0 Å². The van der Waals surface area contributed by atoms with Crippen molar-refractivity contribution in [1.29, 1.82) is 0 Å². The van der Waals surface area contributed by atoms with Crippen LogP contribution in [0.15, 0.2) is 10.5 Å². The number of unbranched alkanes of at least 4 members (excludes halogenated alkanes) is 1. The maximum Gasteiger partial charge on any atom is 0.254 e. The van der Waals surface area contributed by atoms with E-state index in [1.807, 2.05) is 6.92 Å². The summed E-state index contributed by atoms with van der Waals surface area (Å²) in [6, 6.07) is 1.76. The van der Waals surface area contributed by atoms with E-state index in [1.165, 1.54) is 0 Å². The number of aryl methyl sites for hydroxylation is 2. The second-order valence-corrected chi connectivity index (χ2v) is 3.86. The average molecular weight is 230 g/mol. The predicted octanol–water partition coefficient (Wildman–Crippen LogP) is 2.65. The molecule has 84 valence electrons. The molecule has 0 unspecified atom stereocenters. The van der Waals surface area contributed by atoms with Crippen LogP contribution in [0.1, 0.15) is 34.7 Å². The van der Waals surface area contributed by atoms with Gasteiger partial charge in [-0.1, -0.05) is 0 Å². The van der Waals surface area contributed by atoms with Gasteiger partial charge in [0, 0.05) is 12.4 Å². The van der Waals surface area contributed by atoms with E-state index in [4.69, 9.17) is 16.0 Å². The Labute approximate surface area is 94.8 Å². The topological polar surface area (TPSA) is 42.2 Å². The first kappa shape index (κ1) is 12.1. The van der Waals surface area contributed by atoms with Crippen molar-refractivity contribution in [2.75, 3.05) is 12.4 Å². The molecular weight excluding hydrogens is 214 g/mol. The molecule has 0 aliphatic rings. The highest BCUT2D eigenvalue weighted by atomic mass is 35.5. The first-order valence-electron chi connectivity index (χ1n) is 5.06. The van der Waals surface area contributed by atoms with E-state index in [-0.39, 0.29) is 5.91 Å². The van der Waals surface area contributed by atoms with Crippen molar-refractivity contribution >= 4 is 17.5 Å². The molecule has 0 radical (unpaired) electrons. The van der Waals surface area contributed by atoms with Gasteiger partial charge in [-0.15, -0.1) is 11.6 Å². The minimum Gasteiger partial charge on any atom is -0.466 e. The molecule has 1 N–H and O–H groups in total. The fourth-order valence-corrected chi connectivity index (χ4v) is 1.56. The molecule has 3 nitrogen and oxygen atoms in total. The molecule has 1 aromatic heterocycles. The number of alkyl halides is 1. The van der Waals surface area contributed by atoms with Gasteiger partial charge in [0.25, 0.3) is 5.91 Å². The zero-order valence-electron chi connectivity index (χ0n) is 9.10. The van der Waals surface area contributed by atoms with Crippen LogP contribution in [0.25, 0.3) is 0 Å². The first-order valence-corrected chi connectivity index (χ1v) is 5.60. The number of furan rings is 1. The zero-order valence-corrected chi connectivity index (χ0v) is 9.86. The van der Waals surface area contributed by atoms with Gasteiger partial charge >= 0.3 is 0 Å². The van der Waals surface area contributed by atoms with Gasteiger partial charge in [0.15, 0.2) is 0 Å². The SMILES string of the molecule is Cc1cc(C(=O)NCCCCCl)c(C)o1. The molecule has 4 heteroatoms. The van der Waals surface area contributed by atoms with Crippen molar-refractivity contribution < 1.29 is 9.21 Å². The molecule has 0 saturated heterocycles. The number of halogens is 1. The second-order valence-electron chi connectivity index (χ2n) is 3.48. The van der Waals surface area contributed by atoms with Crippen molar-refractivity contribution in [2.24, 2.45) is 0 Å². The van der Waals surface area contributed by atoms with Crippen LogP contribution in [0.5, 0.6) is 0 Å². The summed E-state index contributed by atoms with van der Waals surface area (Å²) in [7, 11) is 0. The maximum atomic E-state index is 11.6. The maximum absolute atomic E-state index is 11.6. The summed E-state index contributed by atoms with van der Waals surface area (Å²) in [5.74, 6) is 2.00. The molecule has 0 atom stereocenters. The Morgan fingerprint density at radius 3 is 2.73 bits per heavy atom. The molecule has 0 aliphatic carbocycles. The molecule has 15 heavy (non-hydrogen) atoms. The second kappa shape index (κ2) is 5.81. The quantitative estimate of drug-likeness (QED) is 0.623. The van der Waals surface area contributed by atoms with Crippen LogP contribution in [-0.2, 0) is 0 Å². The number of carbonyl (C=O) groups excluding carboxylic acids is 1. The van der Waals surface area contributed by atoms with Crippen molar-refractivity contribution in [3.63, 3.8) is 0 Å². The number of nitrogens with one attached hydrogen (secondary N) is 1. The zero-order chi connectivity index (χ0) is 11.3. The van der Waals surface area contributed by atoms with E-state index >= 15 is 0 Å². The summed E-state index contributed by atoms with van der Waals surface area (Å²) in [5.41, 5.74) is 0.623. The largest absolute Gasteiger partial charge is 0.466 e. The lowest BCUT2D eigenvalue weighted by Crippen LogP contribution is -2.24. The monoisotopic (exact) mass is 229 g/mol. The Morgan fingerprint density at radius 1 is 1.47 bits per heavy atom. The summed E-state index contributed by atoms with van der Waals surface area (Å²) in [6.07, 6.45) is 1.83. The lowest BCUT2D eigenvalue weighted by Gasteiger charge is -2.02. The van der Waals surface area contributed by atoms with E-state index in [9.17, 15) is 4.79 Å². The molecule has 1 amide bonds. The Morgan fingerprint density at radius 2 is 2.20 bits per heavy atom. The Kier molecular flexibility index (Phi) is 4.69. The van der Waals surface area contributed by atoms with E-state index in [0.29, 0.717) is 23.7 Å². The van der Waals surface area contributed by atoms with Gasteiger partial charge in [0.2, 0.25) is 0 Å². The fraction of sp³-hybridized carbons (Fsp3) is 0.545. The van der Waals surface area contributed by atoms with Crippen molar-refractivity contribution in [1.82, 2.24) is 5.32 Å². The normalized spacial score (nSPS) is 10.3. The number of rotatable bonds is 5. The summed E-state index contributed by atoms with van der Waals surface area (Å²) in [6.45, 7) is 4.28. The van der Waals surface area contributed by atoms with Crippen LogP contribution in [0.4, 0.5) is 0 Å². The smallest absolute Gasteiger partial charge is 0.254 e. The molecule has 1 heterocycles. The fourth-order valence-electron chi connectivity index (χ4n) is 1.37. The molecule has 0 spiro atoms. The van der Waals surface area contributed by atoms with Crippen LogP contribution in [0.3, 0.4) is 0 Å². The third kappa shape index (κ3) is 3.59. The Hall–Kier alpha value is -0.960. The van der Waals surface area contributed by atoms with Gasteiger partial charge in [0.1, 0.15) is 11.5 Å². The number of hydrogen-bond donors (Lipinski definition) is 1. The lowest BCUT2D eigenvalue weighted by molar-refractivity contribution is 0.0951. The minimum absolute atomic E-state index is 0.0704. The average Bonchev–Trinajstić information content (AvgIpc) is 2.52. The van der Waals surface area contributed by atoms with Crippen LogP contribution in [-0.4, -0.2) is 18.3 Å². The summed E-state index contributed by atoms with van der Waals surface area (Å²) in [5, 5.41) is 2.83. The molecule has 1 rings (SSSR count). The van der Waals surface area contributed by atoms with Crippen molar-refractivity contribution in [2.45, 2.75) is 26.7 Å². The minimum atomic E-state index is -0.0704. The molecule has 0 aromatic carbocycles. The van der Waals surface area contributed by atoms with Crippen molar-refractivity contribution in [3.05, 3.63) is 23.2 Å². The van der Waals surface area contributed by atoms with Gasteiger partial charge in [-0.25, -0.2) is 0 Å². The summed E-state index contributed by atoms with van der Waals surface area (Å²) >= 11 is 5.53. The number of hydrogen-bond acceptors (Lipinski definition) is 2. The standard InChI is InChI=1S/C11H16ClNO2/c1-8-7-10(9(2)15-8)11(14)13-6-4-3-5-12/h7H,3-6H2,1-2H3,(H,13,14). The summed E-state index contributed by atoms with van der Waals surface area (Å²) < 4.78 is 5.28. The first-order chi connectivity index (χ1) is 7.15. The third-order valence-corrected chi connectivity index (χ3v) is 2.40. The number of amides is 1. The number of carbonyl (C=O) groups is 1. The Balaban J connectivity index is 2.43. The molecule has 0 saturated carbocycles. The van der Waals surface area contributed by atoms with Crippen LogP contribution in [0, 0.1) is 13.8 Å². The summed E-state index contributed by atoms with van der Waals surface area (Å²) in [4.78, 5) is 11.6. The Bertz CT molecular complexity index is 333. The lowest BCUT2D eigenvalue weighted by atomic mass is 10.2. The van der Waals surface area contributed by atoms with E-state index in [1.54, 1.807) is 13.0 Å². The highest BCUT2D eigenvalue weighted by Gasteiger charge is 2.12. The van der Waals surface area contributed by atoms with E-state index < -0.39 is 0 Å². The molecule has 1 aromatic rings. The van der Waals surface area contributed by atoms with Gasteiger partial charge in [-0.2, -0.15) is 0 Å².